The van der Waals surface area contributed by atoms with E-state index < -0.39 is 43.1 Å². The van der Waals surface area contributed by atoms with Crippen LogP contribution in [0.2, 0.25) is 0 Å². The van der Waals surface area contributed by atoms with Crippen molar-refractivity contribution >= 4 is 54.9 Å². The molecule has 81 heavy (non-hydrogen) atoms. The fourth-order valence-electron chi connectivity index (χ4n) is 11.3. The molecule has 0 spiro atoms. The molecule has 4 aromatic rings. The van der Waals surface area contributed by atoms with Gasteiger partial charge in [-0.1, -0.05) is 96.7 Å². The lowest BCUT2D eigenvalue weighted by molar-refractivity contribution is -0.159. The van der Waals surface area contributed by atoms with E-state index in [-0.39, 0.29) is 61.3 Å². The topological polar surface area (TPSA) is 189 Å². The van der Waals surface area contributed by atoms with Gasteiger partial charge in [0.15, 0.2) is 0 Å². The first-order chi connectivity index (χ1) is 38.7. The van der Waals surface area contributed by atoms with E-state index in [9.17, 15) is 24.0 Å². The number of likely N-dealkylation sites (N-methyl/N-ethyl adjacent to an activating group) is 2. The van der Waals surface area contributed by atoms with E-state index in [2.05, 4.69) is 67.1 Å². The molecule has 19 heteroatoms. The number of hydrogen-bond donors (Lipinski definition) is 6. The maximum Gasteiger partial charge on any atom is 0.246 e. The predicted octanol–water partition coefficient (Wildman–Crippen LogP) is 6.97. The van der Waals surface area contributed by atoms with Crippen LogP contribution >= 0.6 is 20.1 Å². The van der Waals surface area contributed by atoms with Crippen molar-refractivity contribution < 1.29 is 33.3 Å². The Kier molecular flexibility index (Phi) is 20.8. The monoisotopic (exact) mass is 1140 g/mol. The van der Waals surface area contributed by atoms with Crippen LogP contribution in [0.25, 0.3) is 0 Å². The molecule has 6 N–H and O–H groups in total. The summed E-state index contributed by atoms with van der Waals surface area (Å²) in [7, 11) is 2.34. The summed E-state index contributed by atoms with van der Waals surface area (Å²) in [6.45, 7) is 20.6. The normalized spacial score (nSPS) is 20.9. The maximum absolute atomic E-state index is 14.6. The summed E-state index contributed by atoms with van der Waals surface area (Å²) in [5, 5.41) is 21.7. The van der Waals surface area contributed by atoms with Crippen LogP contribution < -0.4 is 41.9 Å². The van der Waals surface area contributed by atoms with Gasteiger partial charge in [-0.05, 0) is 153 Å². The molecule has 0 radical (unpaired) electrons. The van der Waals surface area contributed by atoms with Gasteiger partial charge in [0.2, 0.25) is 29.5 Å². The molecule has 7 atom stereocenters. The highest BCUT2D eigenvalue weighted by molar-refractivity contribution is 7.97. The lowest BCUT2D eigenvalue weighted by Gasteiger charge is -2.44. The highest BCUT2D eigenvalue weighted by atomic mass is 32.2. The van der Waals surface area contributed by atoms with E-state index >= 15 is 0 Å². The second-order valence-corrected chi connectivity index (χ2v) is 26.7. The SMILES string of the molecule is C=C(CNC)NC(C(=O)N1CCN(Sc2ccc(Oc3ccc(P(C)ON4CCN(C(=O)C(NC(=O)CNC)C(C)(C)C)C(C(=O)NC5CCCc6ccccc65)C4)cc3)cc2)CC1C(=O)NC1CCCc2ccccc21)C(C)(C)C. The number of hydrogen-bond acceptors (Lipinski definition) is 13. The smallest absolute Gasteiger partial charge is 0.246 e. The molecule has 0 saturated carbocycles. The van der Waals surface area contributed by atoms with Crippen LogP contribution in [0.5, 0.6) is 11.5 Å². The van der Waals surface area contributed by atoms with E-state index in [1.54, 1.807) is 33.9 Å². The van der Waals surface area contributed by atoms with E-state index in [1.807, 2.05) is 128 Å². The molecule has 2 heterocycles. The van der Waals surface area contributed by atoms with Crippen molar-refractivity contribution in [3.8, 4) is 11.5 Å². The van der Waals surface area contributed by atoms with Crippen LogP contribution in [0, 0.1) is 10.8 Å². The van der Waals surface area contributed by atoms with E-state index in [0.717, 1.165) is 59.9 Å². The minimum atomic E-state index is -1.18. The molecule has 4 aromatic carbocycles. The Morgan fingerprint density at radius 2 is 1.14 bits per heavy atom. The quantitative estimate of drug-likeness (QED) is 0.0394. The van der Waals surface area contributed by atoms with Gasteiger partial charge in [-0.15, -0.1) is 0 Å². The summed E-state index contributed by atoms with van der Waals surface area (Å²) in [5.74, 6) is 0.180. The minimum Gasteiger partial charge on any atom is -0.457 e. The summed E-state index contributed by atoms with van der Waals surface area (Å²) >= 11 is 1.56. The minimum absolute atomic E-state index is 0.0617. The Morgan fingerprint density at radius 3 is 1.67 bits per heavy atom. The van der Waals surface area contributed by atoms with Crippen LogP contribution in [0.4, 0.5) is 0 Å². The average molecular weight is 1150 g/mol. The molecule has 2 saturated heterocycles. The summed E-state index contributed by atoms with van der Waals surface area (Å²) < 4.78 is 15.1. The summed E-state index contributed by atoms with van der Waals surface area (Å²) in [5.41, 5.74) is 4.36. The van der Waals surface area contributed by atoms with Crippen molar-refractivity contribution in [1.29, 1.82) is 0 Å². The highest BCUT2D eigenvalue weighted by Gasteiger charge is 2.45. The molecule has 0 bridgehead atoms. The third-order valence-corrected chi connectivity index (χ3v) is 18.1. The average Bonchev–Trinajstić information content (AvgIpc) is 3.44. The molecule has 2 aliphatic carbocycles. The van der Waals surface area contributed by atoms with Gasteiger partial charge < -0.3 is 46.4 Å². The van der Waals surface area contributed by atoms with Crippen LogP contribution in [-0.2, 0) is 41.4 Å². The van der Waals surface area contributed by atoms with E-state index in [0.29, 0.717) is 49.9 Å². The molecule has 0 aromatic heterocycles. The molecule has 7 unspecified atom stereocenters. The zero-order valence-electron chi connectivity index (χ0n) is 48.8. The fraction of sp³-hybridized carbons (Fsp3) is 0.500. The van der Waals surface area contributed by atoms with Gasteiger partial charge in [0.25, 0.3) is 0 Å². The summed E-state index contributed by atoms with van der Waals surface area (Å²) in [6, 6.07) is 28.9. The molecule has 2 fully saturated rings. The Morgan fingerprint density at radius 1 is 0.642 bits per heavy atom. The van der Waals surface area contributed by atoms with Crippen LogP contribution in [-0.4, -0.2) is 146 Å². The zero-order chi connectivity index (χ0) is 58.0. The number of fused-ring (bicyclic) bond motifs is 2. The fourth-order valence-corrected chi connectivity index (χ4v) is 13.4. The maximum atomic E-state index is 14.6. The van der Waals surface area contributed by atoms with Gasteiger partial charge in [0, 0.05) is 55.2 Å². The summed E-state index contributed by atoms with van der Waals surface area (Å²) in [6.07, 6.45) is 5.51. The highest BCUT2D eigenvalue weighted by Crippen LogP contribution is 2.37. The Bertz CT molecular complexity index is 2840. The van der Waals surface area contributed by atoms with Gasteiger partial charge in [-0.25, -0.2) is 4.31 Å². The number of rotatable bonds is 20. The number of carbonyl (C=O) groups excluding carboxylic acids is 5. The first-order valence-electron chi connectivity index (χ1n) is 28.6. The lowest BCUT2D eigenvalue weighted by atomic mass is 9.85. The number of hydroxylamine groups is 2. The largest absolute Gasteiger partial charge is 0.457 e. The number of carbonyl (C=O) groups is 5. The number of nitrogens with zero attached hydrogens (tertiary/aromatic N) is 4. The van der Waals surface area contributed by atoms with Crippen molar-refractivity contribution in [2.24, 2.45) is 10.8 Å². The van der Waals surface area contributed by atoms with Gasteiger partial charge in [-0.3, -0.25) is 28.6 Å². The molecule has 8 rings (SSSR count). The zero-order valence-corrected chi connectivity index (χ0v) is 50.5. The Hall–Kier alpha value is -5.85. The standard InChI is InChI=1S/C62H85N10O7PS/c1-41(37-63-8)65-55(61(2,3)4)59(76)72-36-34-70(40-53(72)58(75)67-51-24-16-20-43-18-12-14-22-49(43)51)81-47-31-27-45(28-32-47)78-44-25-29-46(30-26-44)80(10)79-69-33-35-71(60(77)56(62(5,6)7)68-54(73)38-64-9)52(39-69)57(74)66-50-23-15-19-42-17-11-13-21-48(42)50/h11-14,17-18,21-22,25-32,50-53,55-56,63-65H,1,15-16,19-20,23-24,33-40H2,2-10H3,(H,66,74)(H,67,75)(H,68,73). The van der Waals surface area contributed by atoms with Gasteiger partial charge >= 0.3 is 0 Å². The molecule has 5 amide bonds. The van der Waals surface area contributed by atoms with Crippen molar-refractivity contribution in [1.82, 2.24) is 51.1 Å². The van der Waals surface area contributed by atoms with Crippen molar-refractivity contribution in [2.45, 2.75) is 121 Å². The second-order valence-electron chi connectivity index (χ2n) is 23.9. The van der Waals surface area contributed by atoms with Crippen molar-refractivity contribution in [2.75, 3.05) is 73.1 Å². The first-order valence-corrected chi connectivity index (χ1v) is 31.1. The van der Waals surface area contributed by atoms with Crippen LogP contribution in [0.15, 0.2) is 114 Å². The lowest BCUT2D eigenvalue weighted by Crippen LogP contribution is -2.65. The third-order valence-electron chi connectivity index (χ3n) is 15.6. The predicted molar refractivity (Wildman–Crippen MR) is 322 cm³/mol. The molecular formula is C62H85N10O7PS. The number of aryl methyl sites for hydroxylation is 2. The van der Waals surface area contributed by atoms with Crippen molar-refractivity contribution in [3.05, 3.63) is 132 Å². The van der Waals surface area contributed by atoms with E-state index in [4.69, 9.17) is 9.36 Å². The van der Waals surface area contributed by atoms with Crippen molar-refractivity contribution in [3.63, 3.8) is 0 Å². The number of piperazine rings is 2. The van der Waals surface area contributed by atoms with Gasteiger partial charge in [0.1, 0.15) is 35.7 Å². The first kappa shape index (κ1) is 61.2. The number of benzene rings is 4. The Labute approximate surface area is 485 Å². The second kappa shape index (κ2) is 27.5. The number of ether oxygens (including phenoxy) is 1. The Balaban J connectivity index is 0.903. The third kappa shape index (κ3) is 15.8. The number of amides is 5. The molecule has 436 valence electrons. The van der Waals surface area contributed by atoms with Gasteiger partial charge in [-0.2, -0.15) is 5.06 Å². The van der Waals surface area contributed by atoms with Gasteiger partial charge in [0.05, 0.1) is 33.3 Å². The van der Waals surface area contributed by atoms with Crippen LogP contribution in [0.3, 0.4) is 0 Å². The molecule has 2 aliphatic heterocycles. The molecule has 17 nitrogen and oxygen atoms in total. The van der Waals surface area contributed by atoms with Crippen LogP contribution in [0.1, 0.15) is 102 Å². The molecular weight excluding hydrogens is 1060 g/mol. The number of nitrogens with one attached hydrogen (secondary N) is 6. The molecule has 4 aliphatic rings. The van der Waals surface area contributed by atoms with E-state index in [1.165, 1.54) is 11.1 Å². The summed E-state index contributed by atoms with van der Waals surface area (Å²) in [4.78, 5) is 75.4.